The summed E-state index contributed by atoms with van der Waals surface area (Å²) in [6, 6.07) is 17.4. The lowest BCUT2D eigenvalue weighted by molar-refractivity contribution is -0.384. The molecule has 0 amide bonds. The van der Waals surface area contributed by atoms with Gasteiger partial charge in [0.15, 0.2) is 0 Å². The minimum Gasteiger partial charge on any atom is -0.364 e. The summed E-state index contributed by atoms with van der Waals surface area (Å²) in [4.78, 5) is 30.7. The van der Waals surface area contributed by atoms with E-state index in [1.165, 1.54) is 16.7 Å². The highest BCUT2D eigenvalue weighted by Gasteiger charge is 2.16. The molecule has 0 aliphatic rings. The molecule has 7 nitrogen and oxygen atoms in total. The molecule has 0 saturated carbocycles. The van der Waals surface area contributed by atoms with E-state index in [1.807, 2.05) is 42.5 Å². The summed E-state index contributed by atoms with van der Waals surface area (Å²) in [6.07, 6.45) is 1.78. The number of nitrogens with zero attached hydrogens (tertiary/aromatic N) is 3. The minimum absolute atomic E-state index is 0.0402. The van der Waals surface area contributed by atoms with E-state index < -0.39 is 10.6 Å². The van der Waals surface area contributed by atoms with Crippen LogP contribution in [0.2, 0.25) is 0 Å². The number of nitrogens with one attached hydrogen (secondary N) is 1. The number of nitro benzene ring substituents is 1. The fourth-order valence-electron chi connectivity index (χ4n) is 2.99. The van der Waals surface area contributed by atoms with E-state index in [1.54, 1.807) is 12.3 Å². The molecule has 4 aromatic rings. The molecule has 0 atom stereocenters. The van der Waals surface area contributed by atoms with E-state index in [4.69, 9.17) is 0 Å². The number of benzene rings is 2. The summed E-state index contributed by atoms with van der Waals surface area (Å²) >= 11 is 0. The van der Waals surface area contributed by atoms with Crippen LogP contribution in [0.3, 0.4) is 0 Å². The normalized spacial score (nSPS) is 10.9. The Kier molecular flexibility index (Phi) is 3.81. The highest BCUT2D eigenvalue weighted by molar-refractivity contribution is 5.93. The first kappa shape index (κ1) is 15.8. The number of hydrogen-bond acceptors (Lipinski definition) is 4. The third-order valence-corrected chi connectivity index (χ3v) is 4.21. The van der Waals surface area contributed by atoms with Crippen molar-refractivity contribution in [2.45, 2.75) is 6.54 Å². The number of H-pyrrole nitrogens is 1. The SMILES string of the molecule is O=c1nc(-c2ccccc2)c2cc([N+](=O)[O-])ccc2n1Cc1ccc[nH]1. The van der Waals surface area contributed by atoms with Crippen LogP contribution in [0.15, 0.2) is 71.7 Å². The van der Waals surface area contributed by atoms with Crippen molar-refractivity contribution in [2.24, 2.45) is 0 Å². The zero-order chi connectivity index (χ0) is 18.1. The van der Waals surface area contributed by atoms with E-state index in [-0.39, 0.29) is 5.69 Å². The van der Waals surface area contributed by atoms with Crippen LogP contribution in [0, 0.1) is 10.1 Å². The van der Waals surface area contributed by atoms with Crippen molar-refractivity contribution in [1.82, 2.24) is 14.5 Å². The summed E-state index contributed by atoms with van der Waals surface area (Å²) in [5, 5.41) is 11.8. The van der Waals surface area contributed by atoms with Crippen LogP contribution in [0.5, 0.6) is 0 Å². The fraction of sp³-hybridized carbons (Fsp3) is 0.0526. The van der Waals surface area contributed by atoms with Crippen LogP contribution in [0.1, 0.15) is 5.69 Å². The van der Waals surface area contributed by atoms with Gasteiger partial charge in [-0.1, -0.05) is 30.3 Å². The lowest BCUT2D eigenvalue weighted by atomic mass is 10.1. The third-order valence-electron chi connectivity index (χ3n) is 4.21. The molecule has 0 radical (unpaired) electrons. The highest BCUT2D eigenvalue weighted by atomic mass is 16.6. The van der Waals surface area contributed by atoms with Gasteiger partial charge in [0.25, 0.3) is 5.69 Å². The average molecular weight is 346 g/mol. The molecule has 0 spiro atoms. The smallest absolute Gasteiger partial charge is 0.348 e. The van der Waals surface area contributed by atoms with Gasteiger partial charge >= 0.3 is 5.69 Å². The monoisotopic (exact) mass is 346 g/mol. The Balaban J connectivity index is 2.01. The molecule has 4 rings (SSSR count). The first-order valence-electron chi connectivity index (χ1n) is 8.00. The van der Waals surface area contributed by atoms with E-state index in [0.29, 0.717) is 23.1 Å². The van der Waals surface area contributed by atoms with E-state index in [9.17, 15) is 14.9 Å². The molecule has 2 aromatic carbocycles. The van der Waals surface area contributed by atoms with Gasteiger partial charge in [-0.2, -0.15) is 4.98 Å². The van der Waals surface area contributed by atoms with Gasteiger partial charge in [-0.15, -0.1) is 0 Å². The molecule has 0 bridgehead atoms. The topological polar surface area (TPSA) is 93.8 Å². The summed E-state index contributed by atoms with van der Waals surface area (Å²) in [5.74, 6) is 0. The van der Waals surface area contributed by atoms with Crippen LogP contribution in [0.25, 0.3) is 22.2 Å². The van der Waals surface area contributed by atoms with Gasteiger partial charge in [-0.05, 0) is 18.2 Å². The summed E-state index contributed by atoms with van der Waals surface area (Å²) in [5.41, 5.74) is 2.19. The maximum atomic E-state index is 12.7. The zero-order valence-electron chi connectivity index (χ0n) is 13.6. The number of hydrogen-bond donors (Lipinski definition) is 1. The molecule has 0 aliphatic heterocycles. The van der Waals surface area contributed by atoms with Crippen LogP contribution in [0.4, 0.5) is 5.69 Å². The fourth-order valence-corrected chi connectivity index (χ4v) is 2.99. The lowest BCUT2D eigenvalue weighted by Crippen LogP contribution is -2.24. The third kappa shape index (κ3) is 2.75. The second kappa shape index (κ2) is 6.29. The Bertz CT molecular complexity index is 1150. The second-order valence-corrected chi connectivity index (χ2v) is 5.85. The Morgan fingerprint density at radius 1 is 1.08 bits per heavy atom. The van der Waals surface area contributed by atoms with Crippen LogP contribution >= 0.6 is 0 Å². The molecule has 2 heterocycles. The summed E-state index contributed by atoms with van der Waals surface area (Å²) < 4.78 is 1.51. The second-order valence-electron chi connectivity index (χ2n) is 5.85. The van der Waals surface area contributed by atoms with Gasteiger partial charge < -0.3 is 4.98 Å². The Hall–Kier alpha value is -3.74. The molecule has 0 fully saturated rings. The molecule has 0 aliphatic carbocycles. The van der Waals surface area contributed by atoms with Crippen molar-refractivity contribution in [3.05, 3.63) is 93.2 Å². The van der Waals surface area contributed by atoms with E-state index >= 15 is 0 Å². The molecule has 7 heteroatoms. The standard InChI is InChI=1S/C19H14N4O3/c24-19-21-18(13-5-2-1-3-6-13)16-11-15(23(25)26)8-9-17(16)22(19)12-14-7-4-10-20-14/h1-11,20H,12H2. The predicted molar refractivity (Wildman–Crippen MR) is 98.0 cm³/mol. The first-order valence-corrected chi connectivity index (χ1v) is 8.00. The zero-order valence-corrected chi connectivity index (χ0v) is 13.6. The van der Waals surface area contributed by atoms with Gasteiger partial charge in [-0.3, -0.25) is 14.7 Å². The Morgan fingerprint density at radius 2 is 1.88 bits per heavy atom. The van der Waals surface area contributed by atoms with Crippen molar-refractivity contribution in [1.29, 1.82) is 0 Å². The largest absolute Gasteiger partial charge is 0.364 e. The Labute approximate surface area is 147 Å². The van der Waals surface area contributed by atoms with Gasteiger partial charge in [0, 0.05) is 35.0 Å². The average Bonchev–Trinajstić information content (AvgIpc) is 3.17. The van der Waals surface area contributed by atoms with Gasteiger partial charge in [0.1, 0.15) is 0 Å². The molecule has 1 N–H and O–H groups in total. The maximum absolute atomic E-state index is 12.7. The van der Waals surface area contributed by atoms with E-state index in [0.717, 1.165) is 11.3 Å². The van der Waals surface area contributed by atoms with Gasteiger partial charge in [0.05, 0.1) is 22.7 Å². The molecular formula is C19H14N4O3. The molecular weight excluding hydrogens is 332 g/mol. The van der Waals surface area contributed by atoms with Crippen molar-refractivity contribution in [2.75, 3.05) is 0 Å². The number of fused-ring (bicyclic) bond motifs is 1. The minimum atomic E-state index is -0.450. The summed E-state index contributed by atoms with van der Waals surface area (Å²) in [7, 11) is 0. The lowest BCUT2D eigenvalue weighted by Gasteiger charge is -2.12. The van der Waals surface area contributed by atoms with Crippen LogP contribution in [-0.4, -0.2) is 19.5 Å². The number of rotatable bonds is 4. The molecule has 0 unspecified atom stereocenters. The first-order chi connectivity index (χ1) is 12.6. The highest BCUT2D eigenvalue weighted by Crippen LogP contribution is 2.28. The van der Waals surface area contributed by atoms with Crippen molar-refractivity contribution in [3.63, 3.8) is 0 Å². The van der Waals surface area contributed by atoms with E-state index in [2.05, 4.69) is 9.97 Å². The quantitative estimate of drug-likeness (QED) is 0.453. The maximum Gasteiger partial charge on any atom is 0.348 e. The van der Waals surface area contributed by atoms with Crippen LogP contribution in [-0.2, 0) is 6.54 Å². The number of aromatic nitrogens is 3. The molecule has 0 saturated heterocycles. The van der Waals surface area contributed by atoms with Crippen molar-refractivity contribution >= 4 is 16.6 Å². The van der Waals surface area contributed by atoms with Crippen molar-refractivity contribution in [3.8, 4) is 11.3 Å². The molecule has 26 heavy (non-hydrogen) atoms. The van der Waals surface area contributed by atoms with Gasteiger partial charge in [-0.25, -0.2) is 4.79 Å². The number of non-ortho nitro benzene ring substituents is 1. The summed E-state index contributed by atoms with van der Waals surface area (Å²) in [6.45, 7) is 0.308. The van der Waals surface area contributed by atoms with Crippen molar-refractivity contribution < 1.29 is 4.92 Å². The van der Waals surface area contributed by atoms with Crippen LogP contribution < -0.4 is 5.69 Å². The Morgan fingerprint density at radius 3 is 2.58 bits per heavy atom. The molecule has 128 valence electrons. The number of nitro groups is 1. The number of aromatic amines is 1. The van der Waals surface area contributed by atoms with Gasteiger partial charge in [0.2, 0.25) is 0 Å². The molecule has 2 aromatic heterocycles. The predicted octanol–water partition coefficient (Wildman–Crippen LogP) is 3.35.